The maximum atomic E-state index is 12.1. The maximum absolute atomic E-state index is 12.1. The minimum absolute atomic E-state index is 0.0766. The van der Waals surface area contributed by atoms with Gasteiger partial charge in [0.25, 0.3) is 5.15 Å². The number of aryl methyl sites for hydroxylation is 2. The monoisotopic (exact) mass is 394 g/mol. The van der Waals surface area contributed by atoms with E-state index in [-0.39, 0.29) is 16.4 Å². The highest BCUT2D eigenvalue weighted by Gasteiger charge is 2.26. The molecule has 0 atom stereocenters. The number of nitro benzene ring substituents is 1. The van der Waals surface area contributed by atoms with Crippen LogP contribution < -0.4 is 4.73 Å². The van der Waals surface area contributed by atoms with E-state index in [0.717, 1.165) is 23.7 Å². The van der Waals surface area contributed by atoms with Gasteiger partial charge < -0.3 is 15.4 Å². The number of phenols is 2. The van der Waals surface area contributed by atoms with E-state index in [1.807, 2.05) is 0 Å². The molecule has 0 radical (unpaired) electrons. The molecule has 11 heteroatoms. The van der Waals surface area contributed by atoms with Crippen molar-refractivity contribution in [3.8, 4) is 33.2 Å². The third-order valence-electron chi connectivity index (χ3n) is 3.78. The Kier molecular flexibility index (Phi) is 4.38. The van der Waals surface area contributed by atoms with E-state index in [2.05, 4.69) is 9.59 Å². The predicted octanol–water partition coefficient (Wildman–Crippen LogP) is 3.10. The Hall–Kier alpha value is -2.98. The standard InChI is InChI=1S/C15H11ClN4O5S/c1-6-3-7(2)19(23)15(16)11(6)14-12(17-18-26-14)8-4-9(20(24)25)13(22)10(21)5-8/h3-5,21-22H,1-2H3. The fourth-order valence-electron chi connectivity index (χ4n) is 2.56. The lowest BCUT2D eigenvalue weighted by atomic mass is 10.0. The van der Waals surface area contributed by atoms with Crippen LogP contribution in [-0.2, 0) is 0 Å². The van der Waals surface area contributed by atoms with Gasteiger partial charge in [0, 0.05) is 24.6 Å². The fraction of sp³-hybridized carbons (Fsp3) is 0.133. The Balaban J connectivity index is 2.27. The van der Waals surface area contributed by atoms with E-state index in [9.17, 15) is 25.5 Å². The number of hydrogen-bond acceptors (Lipinski definition) is 8. The van der Waals surface area contributed by atoms with Crippen LogP contribution >= 0.6 is 23.1 Å². The average molecular weight is 395 g/mol. The first-order valence-corrected chi connectivity index (χ1v) is 8.30. The lowest BCUT2D eigenvalue weighted by molar-refractivity contribution is -0.609. The number of hydrogen-bond donors (Lipinski definition) is 2. The van der Waals surface area contributed by atoms with Gasteiger partial charge in [-0.15, -0.1) is 5.10 Å². The van der Waals surface area contributed by atoms with Gasteiger partial charge in [-0.2, -0.15) is 4.73 Å². The quantitative estimate of drug-likeness (QED) is 0.174. The summed E-state index contributed by atoms with van der Waals surface area (Å²) in [5.41, 5.74) is 1.18. The van der Waals surface area contributed by atoms with E-state index in [1.54, 1.807) is 19.9 Å². The summed E-state index contributed by atoms with van der Waals surface area (Å²) in [6.07, 6.45) is 0. The van der Waals surface area contributed by atoms with Gasteiger partial charge in [0.15, 0.2) is 11.4 Å². The van der Waals surface area contributed by atoms with Crippen LogP contribution in [0.5, 0.6) is 11.5 Å². The first kappa shape index (κ1) is 17.8. The van der Waals surface area contributed by atoms with Gasteiger partial charge >= 0.3 is 5.69 Å². The smallest absolute Gasteiger partial charge is 0.315 e. The minimum atomic E-state index is -0.842. The topological polar surface area (TPSA) is 136 Å². The number of phenolic OH excluding ortho intramolecular Hbond substituents is 2. The normalized spacial score (nSPS) is 10.9. The molecule has 0 aliphatic rings. The number of pyridine rings is 1. The fourth-order valence-corrected chi connectivity index (χ4v) is 3.79. The Morgan fingerprint density at radius 3 is 2.62 bits per heavy atom. The molecule has 3 rings (SSSR count). The van der Waals surface area contributed by atoms with Gasteiger partial charge in [-0.1, -0.05) is 4.49 Å². The molecule has 0 spiro atoms. The maximum Gasteiger partial charge on any atom is 0.315 e. The van der Waals surface area contributed by atoms with E-state index >= 15 is 0 Å². The summed E-state index contributed by atoms with van der Waals surface area (Å²) in [5, 5.41) is 46.5. The summed E-state index contributed by atoms with van der Waals surface area (Å²) in [5.74, 6) is -1.51. The lowest BCUT2D eigenvalue weighted by Gasteiger charge is -2.10. The zero-order valence-corrected chi connectivity index (χ0v) is 15.0. The second-order valence-electron chi connectivity index (χ2n) is 5.50. The minimum Gasteiger partial charge on any atom is -0.617 e. The number of aromatic nitrogens is 3. The number of aromatic hydroxyl groups is 2. The molecule has 0 bridgehead atoms. The summed E-state index contributed by atoms with van der Waals surface area (Å²) >= 11 is 7.15. The number of nitro groups is 1. The summed E-state index contributed by atoms with van der Waals surface area (Å²) < 4.78 is 4.40. The lowest BCUT2D eigenvalue weighted by Crippen LogP contribution is -2.32. The molecule has 2 N–H and O–H groups in total. The molecule has 0 fully saturated rings. The van der Waals surface area contributed by atoms with Gasteiger partial charge in [0.1, 0.15) is 5.69 Å². The van der Waals surface area contributed by atoms with Crippen LogP contribution in [0.3, 0.4) is 0 Å². The van der Waals surface area contributed by atoms with Crippen molar-refractivity contribution in [1.29, 1.82) is 0 Å². The van der Waals surface area contributed by atoms with Crippen molar-refractivity contribution in [2.24, 2.45) is 0 Å². The third kappa shape index (κ3) is 2.78. The second kappa shape index (κ2) is 6.39. The Morgan fingerprint density at radius 1 is 1.27 bits per heavy atom. The van der Waals surface area contributed by atoms with Crippen molar-refractivity contribution in [2.75, 3.05) is 0 Å². The molecule has 9 nitrogen and oxygen atoms in total. The second-order valence-corrected chi connectivity index (χ2v) is 6.61. The summed E-state index contributed by atoms with van der Waals surface area (Å²) in [6, 6.07) is 3.84. The van der Waals surface area contributed by atoms with E-state index < -0.39 is 22.1 Å². The molecular formula is C15H11ClN4O5S. The van der Waals surface area contributed by atoms with Crippen LogP contribution in [-0.4, -0.2) is 24.7 Å². The molecule has 2 heterocycles. The zero-order chi connectivity index (χ0) is 19.2. The molecule has 0 saturated heterocycles. The zero-order valence-electron chi connectivity index (χ0n) is 13.4. The molecule has 0 saturated carbocycles. The van der Waals surface area contributed by atoms with Crippen LogP contribution in [0.2, 0.25) is 5.15 Å². The van der Waals surface area contributed by atoms with E-state index in [4.69, 9.17) is 11.6 Å². The van der Waals surface area contributed by atoms with Crippen molar-refractivity contribution in [3.63, 3.8) is 0 Å². The highest BCUT2D eigenvalue weighted by molar-refractivity contribution is 7.10. The number of benzene rings is 1. The largest absolute Gasteiger partial charge is 0.617 e. The van der Waals surface area contributed by atoms with E-state index in [1.165, 1.54) is 0 Å². The van der Waals surface area contributed by atoms with Gasteiger partial charge in [-0.25, -0.2) is 0 Å². The number of rotatable bonds is 3. The summed E-state index contributed by atoms with van der Waals surface area (Å²) in [4.78, 5) is 10.7. The molecule has 2 aromatic heterocycles. The van der Waals surface area contributed by atoms with Crippen LogP contribution in [0.15, 0.2) is 18.2 Å². The molecule has 0 unspecified atom stereocenters. The van der Waals surface area contributed by atoms with Crippen molar-refractivity contribution in [3.05, 3.63) is 49.9 Å². The third-order valence-corrected chi connectivity index (χ3v) is 4.87. The van der Waals surface area contributed by atoms with Gasteiger partial charge in [0.2, 0.25) is 5.75 Å². The Bertz CT molecular complexity index is 1050. The number of halogens is 1. The molecule has 26 heavy (non-hydrogen) atoms. The van der Waals surface area contributed by atoms with E-state index in [0.29, 0.717) is 26.4 Å². The van der Waals surface area contributed by atoms with Crippen molar-refractivity contribution >= 4 is 28.8 Å². The molecule has 0 aliphatic carbocycles. The van der Waals surface area contributed by atoms with Crippen molar-refractivity contribution in [2.45, 2.75) is 13.8 Å². The molecular weight excluding hydrogens is 384 g/mol. The first-order chi connectivity index (χ1) is 12.2. The highest BCUT2D eigenvalue weighted by Crippen LogP contribution is 2.43. The van der Waals surface area contributed by atoms with Gasteiger partial charge in [-0.3, -0.25) is 10.1 Å². The number of nitrogens with zero attached hydrogens (tertiary/aromatic N) is 4. The molecule has 3 aromatic rings. The van der Waals surface area contributed by atoms with Crippen molar-refractivity contribution in [1.82, 2.24) is 9.59 Å². The van der Waals surface area contributed by atoms with Gasteiger partial charge in [-0.05, 0) is 41.7 Å². The Morgan fingerprint density at radius 2 is 1.96 bits per heavy atom. The summed E-state index contributed by atoms with van der Waals surface area (Å²) in [7, 11) is 0. The molecule has 1 aromatic carbocycles. The predicted molar refractivity (Wildman–Crippen MR) is 94.2 cm³/mol. The SMILES string of the molecule is Cc1cc(C)[n+]([O-])c(Cl)c1-c1snnc1-c1cc(O)c(O)c([N+](=O)[O-])c1. The summed E-state index contributed by atoms with van der Waals surface area (Å²) in [6.45, 7) is 3.37. The molecule has 0 aliphatic heterocycles. The average Bonchev–Trinajstić information content (AvgIpc) is 3.04. The van der Waals surface area contributed by atoms with Crippen LogP contribution in [0.4, 0.5) is 5.69 Å². The molecule has 134 valence electrons. The van der Waals surface area contributed by atoms with Crippen LogP contribution in [0.25, 0.3) is 21.7 Å². The van der Waals surface area contributed by atoms with Crippen LogP contribution in [0.1, 0.15) is 11.3 Å². The molecule has 0 amide bonds. The van der Waals surface area contributed by atoms with Gasteiger partial charge in [0.05, 0.1) is 15.4 Å². The van der Waals surface area contributed by atoms with Crippen molar-refractivity contribution < 1.29 is 19.9 Å². The van der Waals surface area contributed by atoms with Crippen LogP contribution in [0, 0.1) is 29.2 Å². The first-order valence-electron chi connectivity index (χ1n) is 7.15. The Labute approximate surface area is 155 Å². The highest BCUT2D eigenvalue weighted by atomic mass is 35.5.